The standard InChI is InChI=1S/C30H17BrCl2N4O5/c31-22-11-17(12-25(37(39)40)28(22)41-16-18-5-1-3-7-23(18)33)15-34-36-29(35-24-8-4-2-6-21(24)30(36)38)27-14-19-13-20(32)9-10-26(19)42-27/h1-15H,16H2. The Morgan fingerprint density at radius 2 is 1.83 bits per heavy atom. The number of hydrogen-bond acceptors (Lipinski definition) is 7. The van der Waals surface area contributed by atoms with Crippen LogP contribution in [0.3, 0.4) is 0 Å². The molecule has 0 N–H and O–H groups in total. The van der Waals surface area contributed by atoms with Gasteiger partial charge in [0.05, 0.1) is 26.5 Å². The van der Waals surface area contributed by atoms with E-state index >= 15 is 0 Å². The molecule has 0 aliphatic rings. The van der Waals surface area contributed by atoms with Crippen molar-refractivity contribution >= 4 is 72.9 Å². The number of fused-ring (bicyclic) bond motifs is 2. The van der Waals surface area contributed by atoms with Gasteiger partial charge in [-0.25, -0.2) is 4.98 Å². The number of aromatic nitrogens is 2. The van der Waals surface area contributed by atoms with Crippen molar-refractivity contribution in [2.24, 2.45) is 5.10 Å². The molecule has 6 rings (SSSR count). The molecule has 2 aromatic heterocycles. The summed E-state index contributed by atoms with van der Waals surface area (Å²) in [6.45, 7) is 0.0246. The molecule has 9 nitrogen and oxygen atoms in total. The maximum Gasteiger partial charge on any atom is 0.312 e. The van der Waals surface area contributed by atoms with Gasteiger partial charge < -0.3 is 9.15 Å². The molecule has 4 aromatic carbocycles. The van der Waals surface area contributed by atoms with E-state index < -0.39 is 10.5 Å². The molecule has 0 saturated carbocycles. The van der Waals surface area contributed by atoms with Crippen LogP contribution in [0.4, 0.5) is 5.69 Å². The third-order valence-corrected chi connectivity index (χ3v) is 7.54. The Hall–Kier alpha value is -4.51. The molecule has 0 bridgehead atoms. The molecule has 6 aromatic rings. The van der Waals surface area contributed by atoms with Crippen LogP contribution in [0.1, 0.15) is 11.1 Å². The van der Waals surface area contributed by atoms with Crippen LogP contribution in [-0.4, -0.2) is 20.8 Å². The Bertz CT molecular complexity index is 2110. The van der Waals surface area contributed by atoms with Crippen molar-refractivity contribution in [2.45, 2.75) is 6.61 Å². The van der Waals surface area contributed by atoms with Gasteiger partial charge in [-0.15, -0.1) is 0 Å². The zero-order chi connectivity index (χ0) is 29.4. The Morgan fingerprint density at radius 1 is 1.05 bits per heavy atom. The third kappa shape index (κ3) is 5.39. The van der Waals surface area contributed by atoms with Crippen LogP contribution in [0.5, 0.6) is 5.75 Å². The second-order valence-electron chi connectivity index (χ2n) is 9.10. The highest BCUT2D eigenvalue weighted by molar-refractivity contribution is 9.10. The molecule has 12 heteroatoms. The number of halogens is 3. The van der Waals surface area contributed by atoms with Crippen molar-refractivity contribution < 1.29 is 14.1 Å². The van der Waals surface area contributed by atoms with Crippen LogP contribution in [0, 0.1) is 10.1 Å². The van der Waals surface area contributed by atoms with Crippen molar-refractivity contribution in [3.8, 4) is 17.3 Å². The van der Waals surface area contributed by atoms with Gasteiger partial charge >= 0.3 is 5.69 Å². The number of nitrogens with zero attached hydrogens (tertiary/aromatic N) is 4. The SMILES string of the molecule is O=c1c2ccccc2nc(-c2cc3cc(Cl)ccc3o2)n1N=Cc1cc(Br)c(OCc2ccccc2Cl)c([N+](=O)[O-])c1. The number of furan rings is 1. The Labute approximate surface area is 255 Å². The van der Waals surface area contributed by atoms with Crippen LogP contribution in [0.15, 0.2) is 104 Å². The minimum Gasteiger partial charge on any atom is -0.481 e. The van der Waals surface area contributed by atoms with Crippen molar-refractivity contribution in [1.29, 1.82) is 0 Å². The van der Waals surface area contributed by atoms with E-state index in [4.69, 9.17) is 32.4 Å². The van der Waals surface area contributed by atoms with Crippen LogP contribution < -0.4 is 10.3 Å². The molecule has 2 heterocycles. The monoisotopic (exact) mass is 662 g/mol. The van der Waals surface area contributed by atoms with Crippen LogP contribution in [0.25, 0.3) is 33.5 Å². The number of ether oxygens (including phenoxy) is 1. The lowest BCUT2D eigenvalue weighted by Gasteiger charge is -2.11. The smallest absolute Gasteiger partial charge is 0.312 e. The van der Waals surface area contributed by atoms with Gasteiger partial charge in [-0.1, -0.05) is 53.5 Å². The molecule has 0 spiro atoms. The van der Waals surface area contributed by atoms with E-state index in [2.05, 4.69) is 26.0 Å². The summed E-state index contributed by atoms with van der Waals surface area (Å²) in [6.07, 6.45) is 1.33. The maximum atomic E-state index is 13.6. The number of benzene rings is 4. The highest BCUT2D eigenvalue weighted by Crippen LogP contribution is 2.37. The molecule has 0 aliphatic carbocycles. The Balaban J connectivity index is 1.42. The summed E-state index contributed by atoms with van der Waals surface area (Å²) in [4.78, 5) is 29.6. The summed E-state index contributed by atoms with van der Waals surface area (Å²) in [7, 11) is 0. The lowest BCUT2D eigenvalue weighted by atomic mass is 10.2. The van der Waals surface area contributed by atoms with E-state index in [1.54, 1.807) is 78.9 Å². The van der Waals surface area contributed by atoms with Crippen LogP contribution >= 0.6 is 39.1 Å². The molecule has 0 aliphatic heterocycles. The normalized spacial score (nSPS) is 11.5. The second-order valence-corrected chi connectivity index (χ2v) is 10.8. The quantitative estimate of drug-likeness (QED) is 0.0966. The van der Waals surface area contributed by atoms with E-state index in [1.165, 1.54) is 12.3 Å². The van der Waals surface area contributed by atoms with Crippen LogP contribution in [-0.2, 0) is 6.61 Å². The van der Waals surface area contributed by atoms with E-state index in [0.717, 1.165) is 10.1 Å². The average molecular weight is 664 g/mol. The Morgan fingerprint density at radius 3 is 2.64 bits per heavy atom. The minimum atomic E-state index is -0.557. The zero-order valence-corrected chi connectivity index (χ0v) is 24.4. The molecular formula is C30H17BrCl2N4O5. The highest BCUT2D eigenvalue weighted by atomic mass is 79.9. The molecule has 0 saturated heterocycles. The van der Waals surface area contributed by atoms with Crippen molar-refractivity contribution in [2.75, 3.05) is 0 Å². The van der Waals surface area contributed by atoms with E-state index in [0.29, 0.717) is 47.9 Å². The summed E-state index contributed by atoms with van der Waals surface area (Å²) in [5.74, 6) is 0.474. The number of nitro benzene ring substituents is 1. The average Bonchev–Trinajstić information content (AvgIpc) is 3.39. The summed E-state index contributed by atoms with van der Waals surface area (Å²) in [5, 5.41) is 18.5. The van der Waals surface area contributed by atoms with E-state index in [1.807, 2.05) is 0 Å². The molecule has 42 heavy (non-hydrogen) atoms. The van der Waals surface area contributed by atoms with Gasteiger partial charge in [0, 0.05) is 32.6 Å². The van der Waals surface area contributed by atoms with Crippen molar-refractivity contribution in [3.63, 3.8) is 0 Å². The maximum absolute atomic E-state index is 13.6. The summed E-state index contributed by atoms with van der Waals surface area (Å²) in [5.41, 5.74) is 1.28. The fourth-order valence-electron chi connectivity index (χ4n) is 4.36. The fraction of sp³-hybridized carbons (Fsp3) is 0.0333. The number of nitro groups is 1. The van der Waals surface area contributed by atoms with Crippen molar-refractivity contribution in [1.82, 2.24) is 9.66 Å². The lowest BCUT2D eigenvalue weighted by Crippen LogP contribution is -2.20. The molecule has 208 valence electrons. The largest absolute Gasteiger partial charge is 0.481 e. The first-order valence-electron chi connectivity index (χ1n) is 12.4. The predicted molar refractivity (Wildman–Crippen MR) is 166 cm³/mol. The first-order chi connectivity index (χ1) is 20.3. The van der Waals surface area contributed by atoms with E-state index in [-0.39, 0.29) is 23.9 Å². The number of hydrogen-bond donors (Lipinski definition) is 0. The highest BCUT2D eigenvalue weighted by Gasteiger charge is 2.21. The van der Waals surface area contributed by atoms with Gasteiger partial charge in [0.15, 0.2) is 5.76 Å². The van der Waals surface area contributed by atoms with Gasteiger partial charge in [-0.05, 0) is 64.5 Å². The zero-order valence-electron chi connectivity index (χ0n) is 21.3. The summed E-state index contributed by atoms with van der Waals surface area (Å²) < 4.78 is 13.2. The predicted octanol–water partition coefficient (Wildman–Crippen LogP) is 8.25. The van der Waals surface area contributed by atoms with Gasteiger partial charge in [0.1, 0.15) is 12.2 Å². The Kier molecular flexibility index (Phi) is 7.51. The third-order valence-electron chi connectivity index (χ3n) is 6.35. The molecular weight excluding hydrogens is 647 g/mol. The summed E-state index contributed by atoms with van der Waals surface area (Å²) in [6, 6.07) is 23.7. The molecule has 0 fully saturated rings. The van der Waals surface area contributed by atoms with Crippen LogP contribution in [0.2, 0.25) is 10.0 Å². The number of rotatable bonds is 7. The van der Waals surface area contributed by atoms with Gasteiger partial charge in [0.25, 0.3) is 5.56 Å². The first-order valence-corrected chi connectivity index (χ1v) is 13.9. The second kappa shape index (κ2) is 11.4. The lowest BCUT2D eigenvalue weighted by molar-refractivity contribution is -0.386. The number of para-hydroxylation sites is 1. The van der Waals surface area contributed by atoms with Gasteiger partial charge in [-0.2, -0.15) is 9.78 Å². The van der Waals surface area contributed by atoms with Crippen molar-refractivity contribution in [3.05, 3.63) is 131 Å². The van der Waals surface area contributed by atoms with Gasteiger partial charge in [0.2, 0.25) is 11.6 Å². The summed E-state index contributed by atoms with van der Waals surface area (Å²) >= 11 is 15.7. The molecule has 0 radical (unpaired) electrons. The molecule has 0 amide bonds. The fourth-order valence-corrected chi connectivity index (χ4v) is 5.31. The molecule has 0 unspecified atom stereocenters. The molecule has 0 atom stereocenters. The minimum absolute atomic E-state index is 0.0246. The first kappa shape index (κ1) is 27.6. The van der Waals surface area contributed by atoms with E-state index in [9.17, 15) is 14.9 Å². The van der Waals surface area contributed by atoms with Gasteiger partial charge in [-0.3, -0.25) is 14.9 Å². The topological polar surface area (TPSA) is 113 Å².